The number of nitrogens with one attached hydrogen (secondary N) is 1. The van der Waals surface area contributed by atoms with Gasteiger partial charge in [0, 0.05) is 5.56 Å². The predicted molar refractivity (Wildman–Crippen MR) is 71.0 cm³/mol. The van der Waals surface area contributed by atoms with Crippen molar-refractivity contribution in [3.63, 3.8) is 0 Å². The molecule has 0 unspecified atom stereocenters. The van der Waals surface area contributed by atoms with Crippen molar-refractivity contribution in [3.8, 4) is 0 Å². The molecule has 0 aliphatic heterocycles. The van der Waals surface area contributed by atoms with E-state index in [2.05, 4.69) is 5.43 Å². The van der Waals surface area contributed by atoms with Crippen LogP contribution >= 0.6 is 0 Å². The molecule has 0 saturated heterocycles. The van der Waals surface area contributed by atoms with E-state index in [1.165, 1.54) is 5.01 Å². The number of hydrazine groups is 1. The van der Waals surface area contributed by atoms with Gasteiger partial charge in [0.05, 0.1) is 5.54 Å². The van der Waals surface area contributed by atoms with E-state index in [1.807, 2.05) is 46.8 Å². The van der Waals surface area contributed by atoms with Crippen molar-refractivity contribution in [2.45, 2.75) is 40.2 Å². The summed E-state index contributed by atoms with van der Waals surface area (Å²) in [5, 5.41) is 1.27. The second-order valence-corrected chi connectivity index (χ2v) is 5.33. The van der Waals surface area contributed by atoms with E-state index < -0.39 is 5.54 Å². The molecule has 0 atom stereocenters. The van der Waals surface area contributed by atoms with Crippen LogP contribution in [-0.2, 0) is 4.79 Å². The molecule has 1 rings (SSSR count). The van der Waals surface area contributed by atoms with Crippen LogP contribution in [-0.4, -0.2) is 22.9 Å². The summed E-state index contributed by atoms with van der Waals surface area (Å²) >= 11 is 0. The van der Waals surface area contributed by atoms with E-state index in [-0.39, 0.29) is 5.91 Å². The molecule has 18 heavy (non-hydrogen) atoms. The van der Waals surface area contributed by atoms with Gasteiger partial charge < -0.3 is 0 Å². The molecule has 0 aliphatic rings. The molecule has 2 amide bonds. The van der Waals surface area contributed by atoms with Crippen LogP contribution in [0, 0.1) is 13.8 Å². The molecule has 0 bridgehead atoms. The van der Waals surface area contributed by atoms with E-state index in [0.29, 0.717) is 12.0 Å². The highest BCUT2D eigenvalue weighted by Gasteiger charge is 2.22. The molecule has 4 heteroatoms. The van der Waals surface area contributed by atoms with E-state index in [1.54, 1.807) is 6.07 Å². The van der Waals surface area contributed by atoms with Gasteiger partial charge in [0.2, 0.25) is 6.41 Å². The van der Waals surface area contributed by atoms with Crippen molar-refractivity contribution >= 4 is 12.3 Å². The first kappa shape index (κ1) is 14.2. The van der Waals surface area contributed by atoms with Crippen molar-refractivity contribution < 1.29 is 9.59 Å². The molecule has 1 N–H and O–H groups in total. The average Bonchev–Trinajstić information content (AvgIpc) is 2.27. The molecule has 0 fully saturated rings. The van der Waals surface area contributed by atoms with Gasteiger partial charge >= 0.3 is 0 Å². The summed E-state index contributed by atoms with van der Waals surface area (Å²) in [6.07, 6.45) is 0.628. The fourth-order valence-corrected chi connectivity index (χ4v) is 1.52. The lowest BCUT2D eigenvalue weighted by Gasteiger charge is -2.32. The summed E-state index contributed by atoms with van der Waals surface area (Å²) in [6.45, 7) is 9.40. The Morgan fingerprint density at radius 2 is 1.89 bits per heavy atom. The second kappa shape index (κ2) is 5.21. The number of carbonyl (C=O) groups excluding carboxylic acids is 2. The number of nitrogens with zero attached hydrogens (tertiary/aromatic N) is 1. The maximum Gasteiger partial charge on any atom is 0.270 e. The maximum atomic E-state index is 12.1. The van der Waals surface area contributed by atoms with Gasteiger partial charge in [-0.25, -0.2) is 0 Å². The van der Waals surface area contributed by atoms with Crippen LogP contribution in [0.15, 0.2) is 18.2 Å². The standard InChI is InChI=1S/C14H20N2O2/c1-10-7-6-8-12(11(10)2)13(18)15-16(9-17)14(3,4)5/h6-9H,1-5H3,(H,15,18). The number of carbonyl (C=O) groups is 2. The van der Waals surface area contributed by atoms with Crippen LogP contribution in [0.1, 0.15) is 42.3 Å². The monoisotopic (exact) mass is 248 g/mol. The molecule has 1 aromatic carbocycles. The third-order valence-electron chi connectivity index (χ3n) is 2.90. The molecule has 0 heterocycles. The molecule has 4 nitrogen and oxygen atoms in total. The fraction of sp³-hybridized carbons (Fsp3) is 0.429. The summed E-state index contributed by atoms with van der Waals surface area (Å²) < 4.78 is 0. The highest BCUT2D eigenvalue weighted by atomic mass is 16.2. The zero-order valence-electron chi connectivity index (χ0n) is 11.6. The van der Waals surface area contributed by atoms with E-state index >= 15 is 0 Å². The molecular weight excluding hydrogens is 228 g/mol. The zero-order valence-corrected chi connectivity index (χ0v) is 11.6. The number of amides is 2. The summed E-state index contributed by atoms with van der Waals surface area (Å²) in [5.41, 5.74) is 4.73. The van der Waals surface area contributed by atoms with Gasteiger partial charge in [-0.1, -0.05) is 12.1 Å². The minimum Gasteiger partial charge on any atom is -0.277 e. The molecule has 0 radical (unpaired) electrons. The summed E-state index contributed by atoms with van der Waals surface area (Å²) in [6, 6.07) is 5.54. The van der Waals surface area contributed by atoms with Gasteiger partial charge in [-0.05, 0) is 51.8 Å². The van der Waals surface area contributed by atoms with Crippen LogP contribution in [0.2, 0.25) is 0 Å². The lowest BCUT2D eigenvalue weighted by molar-refractivity contribution is -0.125. The zero-order chi connectivity index (χ0) is 13.9. The molecular formula is C14H20N2O2. The minimum absolute atomic E-state index is 0.266. The van der Waals surface area contributed by atoms with Crippen molar-refractivity contribution in [2.75, 3.05) is 0 Å². The van der Waals surface area contributed by atoms with Crippen molar-refractivity contribution in [1.29, 1.82) is 0 Å². The lowest BCUT2D eigenvalue weighted by atomic mass is 10.0. The number of aryl methyl sites for hydroxylation is 1. The van der Waals surface area contributed by atoms with Gasteiger partial charge in [0.25, 0.3) is 5.91 Å². The average molecular weight is 248 g/mol. The van der Waals surface area contributed by atoms with Crippen molar-refractivity contribution in [2.24, 2.45) is 0 Å². The second-order valence-electron chi connectivity index (χ2n) is 5.33. The Labute approximate surface area is 108 Å². The lowest BCUT2D eigenvalue weighted by Crippen LogP contribution is -2.52. The fourth-order valence-electron chi connectivity index (χ4n) is 1.52. The Bertz CT molecular complexity index is 461. The minimum atomic E-state index is -0.449. The van der Waals surface area contributed by atoms with Crippen LogP contribution in [0.4, 0.5) is 0 Å². The number of hydrogen-bond acceptors (Lipinski definition) is 2. The van der Waals surface area contributed by atoms with E-state index in [0.717, 1.165) is 11.1 Å². The van der Waals surface area contributed by atoms with E-state index in [9.17, 15) is 9.59 Å². The number of rotatable bonds is 3. The first-order chi connectivity index (χ1) is 8.27. The summed E-state index contributed by atoms with van der Waals surface area (Å²) in [4.78, 5) is 23.1. The smallest absolute Gasteiger partial charge is 0.270 e. The SMILES string of the molecule is Cc1cccc(C(=O)NN(C=O)C(C)(C)C)c1C. The normalized spacial score (nSPS) is 10.9. The molecule has 98 valence electrons. The van der Waals surface area contributed by atoms with Crippen LogP contribution in [0.3, 0.4) is 0 Å². The Hall–Kier alpha value is -1.84. The van der Waals surface area contributed by atoms with E-state index in [4.69, 9.17) is 0 Å². The predicted octanol–water partition coefficient (Wildman–Crippen LogP) is 2.21. The molecule has 0 aromatic heterocycles. The first-order valence-electron chi connectivity index (χ1n) is 5.89. The Morgan fingerprint density at radius 3 is 2.39 bits per heavy atom. The van der Waals surface area contributed by atoms with Gasteiger partial charge in [0.1, 0.15) is 0 Å². The highest BCUT2D eigenvalue weighted by Crippen LogP contribution is 2.14. The van der Waals surface area contributed by atoms with Crippen molar-refractivity contribution in [3.05, 3.63) is 34.9 Å². The first-order valence-corrected chi connectivity index (χ1v) is 5.89. The number of hydrogen-bond donors (Lipinski definition) is 1. The Morgan fingerprint density at radius 1 is 1.28 bits per heavy atom. The van der Waals surface area contributed by atoms with Gasteiger partial charge in [0.15, 0.2) is 0 Å². The third-order valence-corrected chi connectivity index (χ3v) is 2.90. The van der Waals surface area contributed by atoms with Gasteiger partial charge in [-0.15, -0.1) is 0 Å². The Kier molecular flexibility index (Phi) is 4.11. The summed E-state index contributed by atoms with van der Waals surface area (Å²) in [5.74, 6) is -0.266. The highest BCUT2D eigenvalue weighted by molar-refractivity contribution is 5.96. The molecule has 0 aliphatic carbocycles. The third kappa shape index (κ3) is 3.09. The maximum absolute atomic E-state index is 12.1. The van der Waals surface area contributed by atoms with Crippen LogP contribution in [0.5, 0.6) is 0 Å². The van der Waals surface area contributed by atoms with Gasteiger partial charge in [-0.3, -0.25) is 20.0 Å². The topological polar surface area (TPSA) is 49.4 Å². The molecule has 0 spiro atoms. The quantitative estimate of drug-likeness (QED) is 0.658. The molecule has 1 aromatic rings. The summed E-state index contributed by atoms with van der Waals surface area (Å²) in [7, 11) is 0. The molecule has 0 saturated carbocycles. The number of benzene rings is 1. The van der Waals surface area contributed by atoms with Gasteiger partial charge in [-0.2, -0.15) is 0 Å². The van der Waals surface area contributed by atoms with Crippen LogP contribution < -0.4 is 5.43 Å². The van der Waals surface area contributed by atoms with Crippen molar-refractivity contribution in [1.82, 2.24) is 10.4 Å². The van der Waals surface area contributed by atoms with Crippen LogP contribution in [0.25, 0.3) is 0 Å². The largest absolute Gasteiger partial charge is 0.277 e. The Balaban J connectivity index is 2.95.